The molecule has 6 heteroatoms. The average Bonchev–Trinajstić information content (AvgIpc) is 2.36. The van der Waals surface area contributed by atoms with Gasteiger partial charge in [0.05, 0.1) is 11.3 Å². The third-order valence-electron chi connectivity index (χ3n) is 2.28. The number of carbonyl (C=O) groups excluding carboxylic acids is 1. The van der Waals surface area contributed by atoms with Gasteiger partial charge in [0.1, 0.15) is 5.82 Å². The van der Waals surface area contributed by atoms with Crippen molar-refractivity contribution in [2.45, 2.75) is 6.42 Å². The highest BCUT2D eigenvalue weighted by Crippen LogP contribution is 2.15. The van der Waals surface area contributed by atoms with Gasteiger partial charge in [0.2, 0.25) is 0 Å². The zero-order chi connectivity index (χ0) is 13.4. The fourth-order valence-electron chi connectivity index (χ4n) is 1.34. The Morgan fingerprint density at radius 3 is 2.94 bits per heavy atom. The molecular weight excluding hydrogens is 255 g/mol. The van der Waals surface area contributed by atoms with Gasteiger partial charge in [-0.2, -0.15) is 11.8 Å². The number of rotatable bonds is 7. The second kappa shape index (κ2) is 7.94. The quantitative estimate of drug-likeness (QED) is 0.516. The van der Waals surface area contributed by atoms with Crippen molar-refractivity contribution in [2.24, 2.45) is 0 Å². The fraction of sp³-hybridized carbons (Fsp3) is 0.417. The molecule has 1 aromatic rings. The van der Waals surface area contributed by atoms with E-state index in [1.54, 1.807) is 11.8 Å². The molecule has 0 aliphatic heterocycles. The molecule has 0 unspecified atom stereocenters. The SMILES string of the molecule is Nc1c(F)cccc1C(=O)NCCSCCCO. The van der Waals surface area contributed by atoms with Crippen LogP contribution in [-0.2, 0) is 0 Å². The number of carbonyl (C=O) groups is 1. The van der Waals surface area contributed by atoms with Crippen LogP contribution in [0.3, 0.4) is 0 Å². The molecular formula is C12H17FN2O2S. The zero-order valence-corrected chi connectivity index (χ0v) is 10.8. The monoisotopic (exact) mass is 272 g/mol. The number of thioether (sulfide) groups is 1. The van der Waals surface area contributed by atoms with Crippen molar-refractivity contribution in [3.8, 4) is 0 Å². The van der Waals surface area contributed by atoms with E-state index in [0.717, 1.165) is 17.9 Å². The number of para-hydroxylation sites is 1. The summed E-state index contributed by atoms with van der Waals surface area (Å²) in [4.78, 5) is 11.7. The minimum Gasteiger partial charge on any atom is -0.396 e. The van der Waals surface area contributed by atoms with Crippen LogP contribution < -0.4 is 11.1 Å². The molecule has 0 radical (unpaired) electrons. The van der Waals surface area contributed by atoms with Crippen molar-refractivity contribution in [2.75, 3.05) is 30.4 Å². The van der Waals surface area contributed by atoms with Crippen LogP contribution in [0, 0.1) is 5.82 Å². The van der Waals surface area contributed by atoms with Crippen molar-refractivity contribution >= 4 is 23.4 Å². The maximum absolute atomic E-state index is 13.1. The number of aliphatic hydroxyl groups is 1. The second-order valence-electron chi connectivity index (χ2n) is 3.65. The van der Waals surface area contributed by atoms with Gasteiger partial charge in [-0.25, -0.2) is 4.39 Å². The molecule has 4 N–H and O–H groups in total. The summed E-state index contributed by atoms with van der Waals surface area (Å²) in [6.07, 6.45) is 0.745. The van der Waals surface area contributed by atoms with Gasteiger partial charge < -0.3 is 16.2 Å². The summed E-state index contributed by atoms with van der Waals surface area (Å²) in [7, 11) is 0. The molecule has 1 aromatic carbocycles. The molecule has 0 bridgehead atoms. The molecule has 100 valence electrons. The Morgan fingerprint density at radius 1 is 1.44 bits per heavy atom. The number of benzene rings is 1. The van der Waals surface area contributed by atoms with Crippen LogP contribution in [0.2, 0.25) is 0 Å². The lowest BCUT2D eigenvalue weighted by Crippen LogP contribution is -2.26. The molecule has 0 aliphatic carbocycles. The second-order valence-corrected chi connectivity index (χ2v) is 4.87. The summed E-state index contributed by atoms with van der Waals surface area (Å²) in [5.41, 5.74) is 5.52. The Morgan fingerprint density at radius 2 is 2.22 bits per heavy atom. The predicted molar refractivity (Wildman–Crippen MR) is 72.2 cm³/mol. The number of amides is 1. The molecule has 0 fully saturated rings. The Hall–Kier alpha value is -1.27. The summed E-state index contributed by atoms with van der Waals surface area (Å²) in [5, 5.41) is 11.3. The number of hydrogen-bond acceptors (Lipinski definition) is 4. The first kappa shape index (κ1) is 14.8. The van der Waals surface area contributed by atoms with Gasteiger partial charge >= 0.3 is 0 Å². The van der Waals surface area contributed by atoms with Crippen LogP contribution in [0.15, 0.2) is 18.2 Å². The minimum absolute atomic E-state index is 0.122. The first-order valence-electron chi connectivity index (χ1n) is 5.67. The van der Waals surface area contributed by atoms with Crippen molar-refractivity contribution < 1.29 is 14.3 Å². The van der Waals surface area contributed by atoms with Gasteiger partial charge in [0.25, 0.3) is 5.91 Å². The van der Waals surface area contributed by atoms with E-state index in [9.17, 15) is 9.18 Å². The minimum atomic E-state index is -0.583. The largest absolute Gasteiger partial charge is 0.396 e. The van der Waals surface area contributed by atoms with E-state index in [4.69, 9.17) is 10.8 Å². The van der Waals surface area contributed by atoms with E-state index in [-0.39, 0.29) is 23.8 Å². The fourth-order valence-corrected chi connectivity index (χ4v) is 2.12. The third-order valence-corrected chi connectivity index (χ3v) is 3.35. The number of hydrogen-bond donors (Lipinski definition) is 3. The number of anilines is 1. The smallest absolute Gasteiger partial charge is 0.253 e. The summed E-state index contributed by atoms with van der Waals surface area (Å²) < 4.78 is 13.1. The van der Waals surface area contributed by atoms with E-state index in [1.165, 1.54) is 18.2 Å². The first-order valence-corrected chi connectivity index (χ1v) is 6.83. The molecule has 0 atom stereocenters. The lowest BCUT2D eigenvalue weighted by atomic mass is 10.1. The molecule has 0 spiro atoms. The van der Waals surface area contributed by atoms with Crippen molar-refractivity contribution in [1.82, 2.24) is 5.32 Å². The first-order chi connectivity index (χ1) is 8.66. The van der Waals surface area contributed by atoms with Crippen LogP contribution >= 0.6 is 11.8 Å². The number of halogens is 1. The van der Waals surface area contributed by atoms with Gasteiger partial charge in [0.15, 0.2) is 0 Å². The number of aliphatic hydroxyl groups excluding tert-OH is 1. The van der Waals surface area contributed by atoms with Crippen molar-refractivity contribution in [3.63, 3.8) is 0 Å². The number of nitrogens with one attached hydrogen (secondary N) is 1. The lowest BCUT2D eigenvalue weighted by molar-refractivity contribution is 0.0956. The summed E-state index contributed by atoms with van der Waals surface area (Å²) >= 11 is 1.64. The summed E-state index contributed by atoms with van der Waals surface area (Å²) in [6.45, 7) is 0.671. The molecule has 0 aromatic heterocycles. The normalized spacial score (nSPS) is 10.3. The third kappa shape index (κ3) is 4.54. The van der Waals surface area contributed by atoms with E-state index in [0.29, 0.717) is 6.54 Å². The Bertz CT molecular complexity index is 402. The standard InChI is InChI=1S/C12H17FN2O2S/c13-10-4-1-3-9(11(10)14)12(17)15-5-8-18-7-2-6-16/h1,3-4,16H,2,5-8,14H2,(H,15,17). The molecule has 18 heavy (non-hydrogen) atoms. The Labute approximate surface area is 110 Å². The van der Waals surface area contributed by atoms with Crippen LogP contribution in [0.1, 0.15) is 16.8 Å². The molecule has 1 amide bonds. The maximum Gasteiger partial charge on any atom is 0.253 e. The highest BCUT2D eigenvalue weighted by atomic mass is 32.2. The molecule has 4 nitrogen and oxygen atoms in total. The topological polar surface area (TPSA) is 75.4 Å². The molecule has 0 aliphatic rings. The highest BCUT2D eigenvalue weighted by molar-refractivity contribution is 7.99. The van der Waals surface area contributed by atoms with Gasteiger partial charge in [-0.05, 0) is 24.3 Å². The van der Waals surface area contributed by atoms with Crippen LogP contribution in [-0.4, -0.2) is 35.7 Å². The van der Waals surface area contributed by atoms with Crippen molar-refractivity contribution in [1.29, 1.82) is 0 Å². The molecule has 1 rings (SSSR count). The average molecular weight is 272 g/mol. The van der Waals surface area contributed by atoms with Crippen LogP contribution in [0.25, 0.3) is 0 Å². The molecule has 0 heterocycles. The summed E-state index contributed by atoms with van der Waals surface area (Å²) in [5.74, 6) is 0.657. The van der Waals surface area contributed by atoms with Crippen LogP contribution in [0.4, 0.5) is 10.1 Å². The van der Waals surface area contributed by atoms with E-state index in [1.807, 2.05) is 0 Å². The number of nitrogens with two attached hydrogens (primary N) is 1. The van der Waals surface area contributed by atoms with Gasteiger partial charge in [-0.15, -0.1) is 0 Å². The lowest BCUT2D eigenvalue weighted by Gasteiger charge is -2.07. The summed E-state index contributed by atoms with van der Waals surface area (Å²) in [6, 6.07) is 4.17. The Balaban J connectivity index is 2.35. The Kier molecular flexibility index (Phi) is 6.53. The van der Waals surface area contributed by atoms with E-state index >= 15 is 0 Å². The molecule has 0 saturated carbocycles. The predicted octanol–water partition coefficient (Wildman–Crippen LogP) is 1.25. The number of nitrogen functional groups attached to an aromatic ring is 1. The zero-order valence-electron chi connectivity index (χ0n) is 9.99. The molecule has 0 saturated heterocycles. The van der Waals surface area contributed by atoms with Gasteiger partial charge in [-0.1, -0.05) is 6.07 Å². The van der Waals surface area contributed by atoms with Gasteiger partial charge in [-0.3, -0.25) is 4.79 Å². The highest BCUT2D eigenvalue weighted by Gasteiger charge is 2.11. The van der Waals surface area contributed by atoms with Gasteiger partial charge in [0, 0.05) is 18.9 Å². The van der Waals surface area contributed by atoms with E-state index < -0.39 is 5.82 Å². The van der Waals surface area contributed by atoms with Crippen LogP contribution in [0.5, 0.6) is 0 Å². The maximum atomic E-state index is 13.1. The van der Waals surface area contributed by atoms with E-state index in [2.05, 4.69) is 5.32 Å². The van der Waals surface area contributed by atoms with Crippen molar-refractivity contribution in [3.05, 3.63) is 29.6 Å².